The fourth-order valence-electron chi connectivity index (χ4n) is 3.26. The maximum Gasteiger partial charge on any atom is 0.233 e. The molecule has 29 heavy (non-hydrogen) atoms. The molecule has 4 rings (SSSR count). The molecule has 1 heterocycles. The van der Waals surface area contributed by atoms with Gasteiger partial charge in [-0.15, -0.1) is 11.8 Å². The van der Waals surface area contributed by atoms with Crippen LogP contribution in [0.2, 0.25) is 0 Å². The number of fused-ring (bicyclic) bond motifs is 1. The van der Waals surface area contributed by atoms with Crippen LogP contribution < -0.4 is 14.8 Å². The van der Waals surface area contributed by atoms with Crippen LogP contribution in [0.4, 0.5) is 0 Å². The predicted octanol–water partition coefficient (Wildman–Crippen LogP) is 4.84. The Kier molecular flexibility index (Phi) is 6.06. The molecule has 1 N–H and O–H groups in total. The van der Waals surface area contributed by atoms with E-state index in [2.05, 4.69) is 5.32 Å². The van der Waals surface area contributed by atoms with Crippen LogP contribution in [0.5, 0.6) is 11.5 Å². The number of amides is 1. The zero-order chi connectivity index (χ0) is 20.1. The Morgan fingerprint density at radius 1 is 0.862 bits per heavy atom. The van der Waals surface area contributed by atoms with Crippen molar-refractivity contribution in [3.8, 4) is 11.5 Å². The predicted molar refractivity (Wildman–Crippen MR) is 116 cm³/mol. The molecule has 3 aromatic rings. The molecule has 0 saturated carbocycles. The van der Waals surface area contributed by atoms with E-state index in [0.29, 0.717) is 13.2 Å². The average molecular weight is 406 g/mol. The van der Waals surface area contributed by atoms with Gasteiger partial charge in [-0.1, -0.05) is 60.7 Å². The van der Waals surface area contributed by atoms with Crippen molar-refractivity contribution in [1.29, 1.82) is 0 Å². The van der Waals surface area contributed by atoms with Crippen molar-refractivity contribution in [2.24, 2.45) is 0 Å². The summed E-state index contributed by atoms with van der Waals surface area (Å²) in [6.07, 6.45) is 0. The maximum atomic E-state index is 13.0. The Hall–Kier alpha value is -2.92. The monoisotopic (exact) mass is 405 g/mol. The minimum atomic E-state index is -0.257. The summed E-state index contributed by atoms with van der Waals surface area (Å²) < 4.78 is 11.2. The van der Waals surface area contributed by atoms with Crippen LogP contribution in [-0.4, -0.2) is 24.4 Å². The molecule has 0 fully saturated rings. The summed E-state index contributed by atoms with van der Waals surface area (Å²) in [6.45, 7) is 3.04. The third-order valence-corrected chi connectivity index (χ3v) is 5.84. The van der Waals surface area contributed by atoms with Gasteiger partial charge in [0.05, 0.1) is 11.3 Å². The van der Waals surface area contributed by atoms with E-state index in [-0.39, 0.29) is 17.2 Å². The Morgan fingerprint density at radius 2 is 1.45 bits per heavy atom. The van der Waals surface area contributed by atoms with E-state index in [1.807, 2.05) is 85.8 Å². The van der Waals surface area contributed by atoms with Crippen molar-refractivity contribution in [1.82, 2.24) is 5.32 Å². The molecule has 0 aliphatic carbocycles. The number of carbonyl (C=O) groups is 1. The van der Waals surface area contributed by atoms with Crippen LogP contribution in [0.25, 0.3) is 0 Å². The summed E-state index contributed by atoms with van der Waals surface area (Å²) in [6, 6.07) is 25.7. The molecule has 1 aliphatic heterocycles. The zero-order valence-corrected chi connectivity index (χ0v) is 17.0. The van der Waals surface area contributed by atoms with Crippen molar-refractivity contribution in [3.05, 3.63) is 90.0 Å². The normalized spacial score (nSPS) is 13.7. The topological polar surface area (TPSA) is 47.6 Å². The van der Waals surface area contributed by atoms with Gasteiger partial charge in [-0.05, 0) is 36.2 Å². The Balaban J connectivity index is 1.48. The summed E-state index contributed by atoms with van der Waals surface area (Å²) in [5.41, 5.74) is 2.12. The van der Waals surface area contributed by atoms with Gasteiger partial charge in [0, 0.05) is 4.90 Å². The van der Waals surface area contributed by atoms with Gasteiger partial charge in [0.25, 0.3) is 0 Å². The summed E-state index contributed by atoms with van der Waals surface area (Å²) in [7, 11) is 0. The fraction of sp³-hybridized carbons (Fsp3) is 0.208. The number of hydrogen-bond acceptors (Lipinski definition) is 4. The molecule has 148 valence electrons. The third kappa shape index (κ3) is 4.74. The number of carbonyl (C=O) groups excluding carboxylic acids is 1. The number of nitrogens with one attached hydrogen (secondary N) is 1. The van der Waals surface area contributed by atoms with E-state index in [9.17, 15) is 4.79 Å². The SMILES string of the molecule is CC(Sc1ccc2c(c1)OCCO2)C(=O)NC(c1ccccc1)c1ccccc1. The molecule has 4 nitrogen and oxygen atoms in total. The summed E-state index contributed by atoms with van der Waals surface area (Å²) in [5.74, 6) is 1.48. The van der Waals surface area contributed by atoms with Gasteiger partial charge in [0.15, 0.2) is 11.5 Å². The van der Waals surface area contributed by atoms with Crippen molar-refractivity contribution in [3.63, 3.8) is 0 Å². The van der Waals surface area contributed by atoms with E-state index in [1.165, 1.54) is 11.8 Å². The number of hydrogen-bond donors (Lipinski definition) is 1. The second-order valence-corrected chi connectivity index (χ2v) is 8.24. The minimum absolute atomic E-state index is 0.0115. The summed E-state index contributed by atoms with van der Waals surface area (Å²) in [5, 5.41) is 2.96. The van der Waals surface area contributed by atoms with Gasteiger partial charge in [-0.2, -0.15) is 0 Å². The minimum Gasteiger partial charge on any atom is -0.486 e. The molecule has 0 aromatic heterocycles. The highest BCUT2D eigenvalue weighted by Crippen LogP contribution is 2.35. The molecular formula is C24H23NO3S. The Bertz CT molecular complexity index is 923. The second-order valence-electron chi connectivity index (χ2n) is 6.83. The lowest BCUT2D eigenvalue weighted by atomic mass is 9.98. The first kappa shape index (κ1) is 19.4. The van der Waals surface area contributed by atoms with E-state index in [1.54, 1.807) is 0 Å². The third-order valence-electron chi connectivity index (χ3n) is 4.75. The number of ether oxygens (including phenoxy) is 2. The maximum absolute atomic E-state index is 13.0. The quantitative estimate of drug-likeness (QED) is 0.596. The fourth-order valence-corrected chi connectivity index (χ4v) is 4.17. The Labute approximate surface area is 175 Å². The summed E-state index contributed by atoms with van der Waals surface area (Å²) >= 11 is 1.51. The first-order valence-corrected chi connectivity index (χ1v) is 10.6. The van der Waals surface area contributed by atoms with Crippen LogP contribution in [0.3, 0.4) is 0 Å². The molecule has 0 spiro atoms. The number of benzene rings is 3. The van der Waals surface area contributed by atoms with Crippen molar-refractivity contribution >= 4 is 17.7 Å². The molecule has 1 amide bonds. The van der Waals surface area contributed by atoms with Gasteiger partial charge in [-0.25, -0.2) is 0 Å². The summed E-state index contributed by atoms with van der Waals surface area (Å²) in [4.78, 5) is 14.0. The lowest BCUT2D eigenvalue weighted by Gasteiger charge is -2.22. The molecule has 0 radical (unpaired) electrons. The molecular weight excluding hydrogens is 382 g/mol. The van der Waals surface area contributed by atoms with Gasteiger partial charge in [-0.3, -0.25) is 4.79 Å². The van der Waals surface area contributed by atoms with Gasteiger partial charge < -0.3 is 14.8 Å². The zero-order valence-electron chi connectivity index (χ0n) is 16.2. The van der Waals surface area contributed by atoms with Crippen LogP contribution >= 0.6 is 11.8 Å². The lowest BCUT2D eigenvalue weighted by Crippen LogP contribution is -2.34. The first-order valence-electron chi connectivity index (χ1n) is 9.67. The number of thioether (sulfide) groups is 1. The Morgan fingerprint density at radius 3 is 2.07 bits per heavy atom. The van der Waals surface area contributed by atoms with Crippen LogP contribution in [-0.2, 0) is 4.79 Å². The molecule has 5 heteroatoms. The molecule has 0 bridgehead atoms. The van der Waals surface area contributed by atoms with Gasteiger partial charge >= 0.3 is 0 Å². The van der Waals surface area contributed by atoms with E-state index in [4.69, 9.17) is 9.47 Å². The van der Waals surface area contributed by atoms with E-state index < -0.39 is 0 Å². The average Bonchev–Trinajstić information content (AvgIpc) is 2.78. The second kappa shape index (κ2) is 9.05. The molecule has 1 aliphatic rings. The largest absolute Gasteiger partial charge is 0.486 e. The standard InChI is InChI=1S/C24H23NO3S/c1-17(29-20-12-13-21-22(16-20)28-15-14-27-21)24(26)25-23(18-8-4-2-5-9-18)19-10-6-3-7-11-19/h2-13,16-17,23H,14-15H2,1H3,(H,25,26). The van der Waals surface area contributed by atoms with Crippen LogP contribution in [0.1, 0.15) is 24.1 Å². The van der Waals surface area contributed by atoms with Crippen molar-refractivity contribution in [2.75, 3.05) is 13.2 Å². The molecule has 3 aromatic carbocycles. The molecule has 1 atom stereocenters. The lowest BCUT2D eigenvalue weighted by molar-refractivity contribution is -0.120. The van der Waals surface area contributed by atoms with E-state index >= 15 is 0 Å². The number of rotatable bonds is 6. The van der Waals surface area contributed by atoms with Gasteiger partial charge in [0.2, 0.25) is 5.91 Å². The van der Waals surface area contributed by atoms with Crippen LogP contribution in [0.15, 0.2) is 83.8 Å². The van der Waals surface area contributed by atoms with Crippen molar-refractivity contribution < 1.29 is 14.3 Å². The first-order chi connectivity index (χ1) is 14.2. The highest BCUT2D eigenvalue weighted by atomic mass is 32.2. The van der Waals surface area contributed by atoms with Gasteiger partial charge in [0.1, 0.15) is 13.2 Å². The highest BCUT2D eigenvalue weighted by molar-refractivity contribution is 8.00. The van der Waals surface area contributed by atoms with Crippen LogP contribution in [0, 0.1) is 0 Å². The molecule has 0 saturated heterocycles. The molecule has 1 unspecified atom stereocenters. The van der Waals surface area contributed by atoms with Crippen molar-refractivity contribution in [2.45, 2.75) is 23.1 Å². The highest BCUT2D eigenvalue weighted by Gasteiger charge is 2.22. The smallest absolute Gasteiger partial charge is 0.233 e. The van der Waals surface area contributed by atoms with E-state index in [0.717, 1.165) is 27.5 Å².